The number of halogens is 1. The van der Waals surface area contributed by atoms with Crippen molar-refractivity contribution in [2.75, 3.05) is 0 Å². The van der Waals surface area contributed by atoms with Crippen molar-refractivity contribution in [2.24, 2.45) is 0 Å². The molecule has 4 heteroatoms. The standard InChI is InChI=1S/ClH.2Na.H2O/h1H;;;1H2/q;2*+1;/p-2. The van der Waals surface area contributed by atoms with Gasteiger partial charge in [-0.15, -0.1) is 0 Å². The molecular formula is HClNa2O. The Morgan fingerprint density at radius 2 is 0.750 bits per heavy atom. The zero-order valence-corrected chi connectivity index (χ0v) is 7.58. The first-order chi connectivity index (χ1) is 0. The molecule has 0 bridgehead atoms. The van der Waals surface area contributed by atoms with Crippen LogP contribution in [0.2, 0.25) is 0 Å². The van der Waals surface area contributed by atoms with E-state index in [1.54, 1.807) is 0 Å². The molecule has 4 heavy (non-hydrogen) atoms. The summed E-state index contributed by atoms with van der Waals surface area (Å²) in [6.07, 6.45) is 0. The molecule has 0 aliphatic carbocycles. The second-order valence-electron chi connectivity index (χ2n) is 0. The minimum Gasteiger partial charge on any atom is -1.00 e. The van der Waals surface area contributed by atoms with Gasteiger partial charge in [-0.05, 0) is 0 Å². The van der Waals surface area contributed by atoms with Crippen molar-refractivity contribution in [3.63, 3.8) is 0 Å². The van der Waals surface area contributed by atoms with Crippen molar-refractivity contribution in [3.05, 3.63) is 0 Å². The summed E-state index contributed by atoms with van der Waals surface area (Å²) in [6, 6.07) is 0. The Bertz CT molecular complexity index is 6.00. The molecule has 0 atom stereocenters. The Morgan fingerprint density at radius 1 is 0.750 bits per heavy atom. The van der Waals surface area contributed by atoms with Crippen LogP contribution in [0.3, 0.4) is 0 Å². The average molecular weight is 98.4 g/mol. The van der Waals surface area contributed by atoms with Gasteiger partial charge in [-0.1, -0.05) is 0 Å². The SMILES string of the molecule is [Cl-].[Na+].[Na+].[OH-]. The monoisotopic (exact) mass is 98.0 g/mol. The topological polar surface area (TPSA) is 30.0 Å². The first-order valence-corrected chi connectivity index (χ1v) is 0. The van der Waals surface area contributed by atoms with E-state index in [4.69, 9.17) is 0 Å². The van der Waals surface area contributed by atoms with E-state index in [1.165, 1.54) is 0 Å². The van der Waals surface area contributed by atoms with Gasteiger partial charge in [0.15, 0.2) is 0 Å². The Balaban J connectivity index is 0. The van der Waals surface area contributed by atoms with Crippen LogP contribution >= 0.6 is 0 Å². The van der Waals surface area contributed by atoms with Gasteiger partial charge in [0.05, 0.1) is 0 Å². The van der Waals surface area contributed by atoms with Gasteiger partial charge in [-0.25, -0.2) is 0 Å². The summed E-state index contributed by atoms with van der Waals surface area (Å²) in [5.74, 6) is 0. The Labute approximate surface area is 75.8 Å². The summed E-state index contributed by atoms with van der Waals surface area (Å²) in [6.45, 7) is 0. The van der Waals surface area contributed by atoms with Crippen LogP contribution in [0.15, 0.2) is 0 Å². The molecule has 0 fully saturated rings. The van der Waals surface area contributed by atoms with E-state index in [-0.39, 0.29) is 77.0 Å². The molecule has 0 heterocycles. The third-order valence-corrected chi connectivity index (χ3v) is 0. The fraction of sp³-hybridized carbons (Fsp3) is 0. The Hall–Kier alpha value is 2.25. The molecule has 16 valence electrons. The molecule has 0 spiro atoms. The fourth-order valence-corrected chi connectivity index (χ4v) is 0. The molecule has 1 N–H and O–H groups in total. The minimum atomic E-state index is 0. The third kappa shape index (κ3) is 8.87. The molecule has 0 radical (unpaired) electrons. The second kappa shape index (κ2) is 18.7. The van der Waals surface area contributed by atoms with Crippen LogP contribution in [-0.2, 0) is 0 Å². The first-order valence-electron chi connectivity index (χ1n) is 0. The van der Waals surface area contributed by atoms with Gasteiger partial charge in [0, 0.05) is 0 Å². The summed E-state index contributed by atoms with van der Waals surface area (Å²) in [7, 11) is 0. The van der Waals surface area contributed by atoms with Gasteiger partial charge < -0.3 is 17.9 Å². The van der Waals surface area contributed by atoms with E-state index in [2.05, 4.69) is 0 Å². The Morgan fingerprint density at radius 3 is 0.750 bits per heavy atom. The van der Waals surface area contributed by atoms with Crippen molar-refractivity contribution in [3.8, 4) is 0 Å². The van der Waals surface area contributed by atoms with Crippen molar-refractivity contribution < 1.29 is 77.0 Å². The van der Waals surface area contributed by atoms with E-state index in [0.29, 0.717) is 0 Å². The van der Waals surface area contributed by atoms with E-state index in [1.807, 2.05) is 0 Å². The molecule has 0 unspecified atom stereocenters. The summed E-state index contributed by atoms with van der Waals surface area (Å²) in [4.78, 5) is 0. The molecule has 0 amide bonds. The summed E-state index contributed by atoms with van der Waals surface area (Å²) in [5.41, 5.74) is 0. The molecule has 0 rings (SSSR count). The average Bonchev–Trinajstić information content (AvgIpc) is 0. The predicted octanol–water partition coefficient (Wildman–Crippen LogP) is -9.16. The molecule has 0 aliphatic rings. The molecule has 0 saturated carbocycles. The molecule has 0 aromatic rings. The number of rotatable bonds is 0. The smallest absolute Gasteiger partial charge is 1.00 e. The van der Waals surface area contributed by atoms with Gasteiger partial charge in [0.1, 0.15) is 0 Å². The van der Waals surface area contributed by atoms with E-state index < -0.39 is 0 Å². The van der Waals surface area contributed by atoms with Crippen LogP contribution in [0.1, 0.15) is 0 Å². The molecule has 0 saturated heterocycles. The molecular weight excluding hydrogens is 97.4 g/mol. The Kier molecular flexibility index (Phi) is 159. The number of hydrogen-bond acceptors (Lipinski definition) is 1. The van der Waals surface area contributed by atoms with Gasteiger partial charge >= 0.3 is 59.1 Å². The van der Waals surface area contributed by atoms with Crippen LogP contribution in [0.25, 0.3) is 0 Å². The molecule has 0 aromatic carbocycles. The van der Waals surface area contributed by atoms with Gasteiger partial charge in [-0.2, -0.15) is 0 Å². The maximum atomic E-state index is 0. The third-order valence-electron chi connectivity index (χ3n) is 0. The van der Waals surface area contributed by atoms with E-state index >= 15 is 0 Å². The largest absolute Gasteiger partial charge is 1.00 e. The summed E-state index contributed by atoms with van der Waals surface area (Å²) in [5, 5.41) is 0. The molecule has 0 aliphatic heterocycles. The minimum absolute atomic E-state index is 0. The summed E-state index contributed by atoms with van der Waals surface area (Å²) >= 11 is 0. The van der Waals surface area contributed by atoms with E-state index in [0.717, 1.165) is 0 Å². The zero-order valence-electron chi connectivity index (χ0n) is 2.83. The zero-order chi connectivity index (χ0) is 0. The second-order valence-corrected chi connectivity index (χ2v) is 0. The van der Waals surface area contributed by atoms with Crippen molar-refractivity contribution in [2.45, 2.75) is 0 Å². The maximum Gasteiger partial charge on any atom is 1.00 e. The summed E-state index contributed by atoms with van der Waals surface area (Å²) < 4.78 is 0. The van der Waals surface area contributed by atoms with Crippen molar-refractivity contribution >= 4 is 0 Å². The van der Waals surface area contributed by atoms with Gasteiger partial charge in [-0.3, -0.25) is 0 Å². The predicted molar refractivity (Wildman–Crippen MR) is 1.94 cm³/mol. The van der Waals surface area contributed by atoms with Gasteiger partial charge in [0.2, 0.25) is 0 Å². The van der Waals surface area contributed by atoms with Crippen molar-refractivity contribution in [1.29, 1.82) is 0 Å². The maximum absolute atomic E-state index is 0. The van der Waals surface area contributed by atoms with E-state index in [9.17, 15) is 0 Å². The van der Waals surface area contributed by atoms with Crippen LogP contribution < -0.4 is 71.5 Å². The van der Waals surface area contributed by atoms with Crippen molar-refractivity contribution in [1.82, 2.24) is 0 Å². The van der Waals surface area contributed by atoms with Crippen LogP contribution in [0.5, 0.6) is 0 Å². The quantitative estimate of drug-likeness (QED) is 0.277. The normalized spacial score (nSPS) is 0. The number of hydrogen-bond donors (Lipinski definition) is 0. The molecule has 0 aromatic heterocycles. The fourth-order valence-electron chi connectivity index (χ4n) is 0. The van der Waals surface area contributed by atoms with Crippen LogP contribution in [-0.4, -0.2) is 5.48 Å². The molecule has 1 nitrogen and oxygen atoms in total. The van der Waals surface area contributed by atoms with Crippen LogP contribution in [0.4, 0.5) is 0 Å². The first kappa shape index (κ1) is 34.0. The van der Waals surface area contributed by atoms with Crippen LogP contribution in [0, 0.1) is 0 Å². The van der Waals surface area contributed by atoms with Gasteiger partial charge in [0.25, 0.3) is 0 Å².